The topological polar surface area (TPSA) is 51.8 Å². The first kappa shape index (κ1) is 8.19. The third kappa shape index (κ3) is 1.67. The van der Waals surface area contributed by atoms with Crippen LogP contribution in [0.15, 0.2) is 24.7 Å². The largest absolute Gasteiger partial charge is 0.397 e. The number of hydrogen-bond donors (Lipinski definition) is 1. The van der Waals surface area contributed by atoms with Gasteiger partial charge in [-0.05, 0) is 13.0 Å². The van der Waals surface area contributed by atoms with E-state index < -0.39 is 0 Å². The zero-order valence-corrected chi connectivity index (χ0v) is 8.01. The Morgan fingerprint density at radius 2 is 2.15 bits per heavy atom. The number of aromatic nitrogens is 2. The standard InChI is InChI=1S/C9H9N3S/c1-6-3-12-9(13-6)7-2-8(10)5-11-4-7/h2-5H,10H2,1H3. The second-order valence-electron chi connectivity index (χ2n) is 2.78. The molecule has 0 spiro atoms. The number of nitrogens with zero attached hydrogens (tertiary/aromatic N) is 2. The molecule has 2 aromatic rings. The number of nitrogen functional groups attached to an aromatic ring is 1. The maximum absolute atomic E-state index is 5.62. The van der Waals surface area contributed by atoms with Gasteiger partial charge < -0.3 is 5.73 Å². The Bertz CT molecular complexity index is 422. The van der Waals surface area contributed by atoms with Gasteiger partial charge in [0.15, 0.2) is 0 Å². The molecule has 66 valence electrons. The fourth-order valence-corrected chi connectivity index (χ4v) is 1.81. The predicted molar refractivity (Wildman–Crippen MR) is 54.5 cm³/mol. The number of nitrogens with two attached hydrogens (primary N) is 1. The molecule has 0 fully saturated rings. The molecule has 2 rings (SSSR count). The van der Waals surface area contributed by atoms with Gasteiger partial charge in [0.05, 0.1) is 5.69 Å². The number of aryl methyl sites for hydroxylation is 1. The van der Waals surface area contributed by atoms with Gasteiger partial charge in [-0.15, -0.1) is 11.3 Å². The second kappa shape index (κ2) is 3.14. The van der Waals surface area contributed by atoms with E-state index in [4.69, 9.17) is 5.73 Å². The van der Waals surface area contributed by atoms with Crippen molar-refractivity contribution in [2.45, 2.75) is 6.92 Å². The highest BCUT2D eigenvalue weighted by Gasteiger charge is 2.02. The molecular weight excluding hydrogens is 182 g/mol. The van der Waals surface area contributed by atoms with Crippen molar-refractivity contribution in [2.75, 3.05) is 5.73 Å². The summed E-state index contributed by atoms with van der Waals surface area (Å²) in [7, 11) is 0. The van der Waals surface area contributed by atoms with Crippen LogP contribution in [0.1, 0.15) is 4.88 Å². The highest BCUT2D eigenvalue weighted by atomic mass is 32.1. The molecule has 0 saturated heterocycles. The fourth-order valence-electron chi connectivity index (χ4n) is 1.06. The van der Waals surface area contributed by atoms with E-state index in [-0.39, 0.29) is 0 Å². The molecule has 0 aromatic carbocycles. The SMILES string of the molecule is Cc1cnc(-c2cncc(N)c2)s1. The van der Waals surface area contributed by atoms with Gasteiger partial charge >= 0.3 is 0 Å². The fraction of sp³-hybridized carbons (Fsp3) is 0.111. The summed E-state index contributed by atoms with van der Waals surface area (Å²) in [5.74, 6) is 0. The summed E-state index contributed by atoms with van der Waals surface area (Å²) in [5, 5.41) is 0.970. The molecule has 13 heavy (non-hydrogen) atoms. The van der Waals surface area contributed by atoms with Gasteiger partial charge in [0.1, 0.15) is 5.01 Å². The van der Waals surface area contributed by atoms with Crippen molar-refractivity contribution < 1.29 is 0 Å². The number of thiazole rings is 1. The molecule has 0 bridgehead atoms. The molecule has 0 aliphatic rings. The minimum Gasteiger partial charge on any atom is -0.397 e. The molecule has 2 aromatic heterocycles. The van der Waals surface area contributed by atoms with Crippen LogP contribution in [0.2, 0.25) is 0 Å². The number of anilines is 1. The Balaban J connectivity index is 2.46. The Kier molecular flexibility index (Phi) is 1.98. The van der Waals surface area contributed by atoms with Crippen molar-refractivity contribution in [3.63, 3.8) is 0 Å². The van der Waals surface area contributed by atoms with Gasteiger partial charge in [-0.3, -0.25) is 4.98 Å². The highest BCUT2D eigenvalue weighted by Crippen LogP contribution is 2.24. The molecule has 0 radical (unpaired) electrons. The molecule has 0 unspecified atom stereocenters. The van der Waals surface area contributed by atoms with Gasteiger partial charge in [-0.25, -0.2) is 4.98 Å². The van der Waals surface area contributed by atoms with Crippen LogP contribution >= 0.6 is 11.3 Å². The summed E-state index contributed by atoms with van der Waals surface area (Å²) in [6.07, 6.45) is 5.25. The lowest BCUT2D eigenvalue weighted by molar-refractivity contribution is 1.31. The van der Waals surface area contributed by atoms with Gasteiger partial charge in [-0.2, -0.15) is 0 Å². The zero-order valence-electron chi connectivity index (χ0n) is 7.19. The van der Waals surface area contributed by atoms with Crippen LogP contribution in [0.25, 0.3) is 10.6 Å². The summed E-state index contributed by atoms with van der Waals surface area (Å²) in [6.45, 7) is 2.03. The van der Waals surface area contributed by atoms with Crippen molar-refractivity contribution in [1.82, 2.24) is 9.97 Å². The molecule has 2 N–H and O–H groups in total. The molecule has 3 nitrogen and oxygen atoms in total. The Hall–Kier alpha value is -1.42. The Morgan fingerprint density at radius 1 is 1.31 bits per heavy atom. The summed E-state index contributed by atoms with van der Waals surface area (Å²) in [6, 6.07) is 1.88. The van der Waals surface area contributed by atoms with Crippen LogP contribution in [0.3, 0.4) is 0 Å². The predicted octanol–water partition coefficient (Wildman–Crippen LogP) is 2.10. The number of hydrogen-bond acceptors (Lipinski definition) is 4. The minimum absolute atomic E-state index is 0.672. The van der Waals surface area contributed by atoms with Crippen molar-refractivity contribution in [2.24, 2.45) is 0 Å². The molecule has 0 saturated carbocycles. The van der Waals surface area contributed by atoms with Gasteiger partial charge in [0, 0.05) is 29.0 Å². The van der Waals surface area contributed by atoms with Crippen molar-refractivity contribution in [3.8, 4) is 10.6 Å². The summed E-state index contributed by atoms with van der Waals surface area (Å²) in [5.41, 5.74) is 7.27. The van der Waals surface area contributed by atoms with Gasteiger partial charge in [0.25, 0.3) is 0 Å². The van der Waals surface area contributed by atoms with E-state index in [9.17, 15) is 0 Å². The van der Waals surface area contributed by atoms with Crippen molar-refractivity contribution in [1.29, 1.82) is 0 Å². The molecule has 0 amide bonds. The second-order valence-corrected chi connectivity index (χ2v) is 4.02. The summed E-state index contributed by atoms with van der Waals surface area (Å²) >= 11 is 1.64. The van der Waals surface area contributed by atoms with Crippen LogP contribution in [-0.4, -0.2) is 9.97 Å². The minimum atomic E-state index is 0.672. The lowest BCUT2D eigenvalue weighted by Gasteiger charge is -1.95. The Labute approximate surface area is 80.3 Å². The Morgan fingerprint density at radius 3 is 2.77 bits per heavy atom. The van der Waals surface area contributed by atoms with E-state index in [1.807, 2.05) is 19.2 Å². The average Bonchev–Trinajstić information content (AvgIpc) is 2.52. The van der Waals surface area contributed by atoms with Crippen molar-refractivity contribution >= 4 is 17.0 Å². The van der Waals surface area contributed by atoms with Crippen LogP contribution in [-0.2, 0) is 0 Å². The molecule has 0 aliphatic carbocycles. The number of rotatable bonds is 1. The average molecular weight is 191 g/mol. The maximum Gasteiger partial charge on any atom is 0.125 e. The monoisotopic (exact) mass is 191 g/mol. The molecule has 4 heteroatoms. The van der Waals surface area contributed by atoms with Crippen molar-refractivity contribution in [3.05, 3.63) is 29.5 Å². The third-order valence-electron chi connectivity index (χ3n) is 1.63. The molecular formula is C9H9N3S. The lowest BCUT2D eigenvalue weighted by atomic mass is 10.3. The number of pyridine rings is 1. The normalized spacial score (nSPS) is 10.2. The van der Waals surface area contributed by atoms with Gasteiger partial charge in [-0.1, -0.05) is 0 Å². The molecule has 0 atom stereocenters. The third-order valence-corrected chi connectivity index (χ3v) is 2.59. The summed E-state index contributed by atoms with van der Waals surface area (Å²) in [4.78, 5) is 9.45. The van der Waals surface area contributed by atoms with Gasteiger partial charge in [0.2, 0.25) is 0 Å². The smallest absolute Gasteiger partial charge is 0.125 e. The summed E-state index contributed by atoms with van der Waals surface area (Å²) < 4.78 is 0. The maximum atomic E-state index is 5.62. The van der Waals surface area contributed by atoms with E-state index in [1.165, 1.54) is 4.88 Å². The van der Waals surface area contributed by atoms with E-state index in [2.05, 4.69) is 9.97 Å². The lowest BCUT2D eigenvalue weighted by Crippen LogP contribution is -1.86. The van der Waals surface area contributed by atoms with Crippen LogP contribution in [0, 0.1) is 6.92 Å². The highest BCUT2D eigenvalue weighted by molar-refractivity contribution is 7.14. The van der Waals surface area contributed by atoms with Crippen LogP contribution in [0.4, 0.5) is 5.69 Å². The van der Waals surface area contributed by atoms with E-state index in [1.54, 1.807) is 23.7 Å². The first-order valence-electron chi connectivity index (χ1n) is 3.89. The quantitative estimate of drug-likeness (QED) is 0.751. The van der Waals surface area contributed by atoms with E-state index in [0.29, 0.717) is 5.69 Å². The first-order chi connectivity index (χ1) is 6.25. The molecule has 0 aliphatic heterocycles. The van der Waals surface area contributed by atoms with Crippen LogP contribution < -0.4 is 5.73 Å². The molecule has 2 heterocycles. The van der Waals surface area contributed by atoms with E-state index >= 15 is 0 Å². The zero-order chi connectivity index (χ0) is 9.26. The van der Waals surface area contributed by atoms with Crippen LogP contribution in [0.5, 0.6) is 0 Å². The van der Waals surface area contributed by atoms with E-state index in [0.717, 1.165) is 10.6 Å². The first-order valence-corrected chi connectivity index (χ1v) is 4.70.